The summed E-state index contributed by atoms with van der Waals surface area (Å²) in [5.41, 5.74) is 8.03. The number of hydrogen-bond acceptors (Lipinski definition) is 2. The summed E-state index contributed by atoms with van der Waals surface area (Å²) in [6.45, 7) is 4.49. The molecule has 0 unspecified atom stereocenters. The van der Waals surface area contributed by atoms with Gasteiger partial charge in [-0.25, -0.2) is 0 Å². The summed E-state index contributed by atoms with van der Waals surface area (Å²) < 4.78 is 0. The molecule has 2 nitrogen and oxygen atoms in total. The van der Waals surface area contributed by atoms with E-state index >= 15 is 0 Å². The van der Waals surface area contributed by atoms with Crippen LogP contribution in [0, 0.1) is 0 Å². The molecule has 2 heteroatoms. The monoisotopic (exact) mass is 444 g/mol. The van der Waals surface area contributed by atoms with E-state index in [4.69, 9.17) is 0 Å². The van der Waals surface area contributed by atoms with Crippen LogP contribution in [0.2, 0.25) is 0 Å². The lowest BCUT2D eigenvalue weighted by Crippen LogP contribution is -2.52. The van der Waals surface area contributed by atoms with Crippen molar-refractivity contribution in [1.82, 2.24) is 9.80 Å². The molecule has 0 spiro atoms. The first kappa shape index (κ1) is 21.3. The van der Waals surface area contributed by atoms with Crippen LogP contribution in [0.5, 0.6) is 0 Å². The lowest BCUT2D eigenvalue weighted by Gasteiger charge is -2.41. The van der Waals surface area contributed by atoms with Crippen LogP contribution in [0.1, 0.15) is 24.0 Å². The number of piperazine rings is 1. The Morgan fingerprint density at radius 1 is 0.471 bits per heavy atom. The van der Waals surface area contributed by atoms with E-state index in [1.807, 2.05) is 0 Å². The van der Waals surface area contributed by atoms with Gasteiger partial charge < -0.3 is 0 Å². The van der Waals surface area contributed by atoms with Gasteiger partial charge in [0, 0.05) is 38.3 Å². The number of rotatable bonds is 6. The molecule has 2 fully saturated rings. The highest BCUT2D eigenvalue weighted by atomic mass is 15.3. The third-order valence-electron chi connectivity index (χ3n) is 7.60. The van der Waals surface area contributed by atoms with E-state index in [1.54, 1.807) is 0 Å². The maximum Gasteiger partial charge on any atom is 0.0240 e. The van der Waals surface area contributed by atoms with Crippen LogP contribution in [-0.2, 0) is 13.1 Å². The van der Waals surface area contributed by atoms with Crippen LogP contribution in [0.15, 0.2) is 109 Å². The SMILES string of the molecule is c1ccc(-c2ccc(CN3C[C@H]4CC[C@@H](C3)N4Cc3ccc(-c4ccccc4)cc3)cc2)cc1. The molecule has 170 valence electrons. The third kappa shape index (κ3) is 4.57. The molecule has 0 aromatic heterocycles. The molecule has 0 N–H and O–H groups in total. The predicted octanol–water partition coefficient (Wildman–Crippen LogP) is 6.87. The molecule has 0 aliphatic carbocycles. The largest absolute Gasteiger partial charge is 0.296 e. The smallest absolute Gasteiger partial charge is 0.0240 e. The molecular formula is C32H32N2. The molecule has 34 heavy (non-hydrogen) atoms. The zero-order valence-electron chi connectivity index (χ0n) is 19.7. The van der Waals surface area contributed by atoms with Crippen molar-refractivity contribution in [1.29, 1.82) is 0 Å². The maximum atomic E-state index is 2.77. The number of nitrogens with zero attached hydrogens (tertiary/aromatic N) is 2. The Bertz CT molecular complexity index is 1190. The predicted molar refractivity (Wildman–Crippen MR) is 141 cm³/mol. The van der Waals surface area contributed by atoms with Crippen molar-refractivity contribution in [3.8, 4) is 22.3 Å². The molecule has 2 aliphatic rings. The fourth-order valence-electron chi connectivity index (χ4n) is 5.80. The number of benzene rings is 4. The van der Waals surface area contributed by atoms with Crippen molar-refractivity contribution in [3.63, 3.8) is 0 Å². The minimum Gasteiger partial charge on any atom is -0.296 e. The molecule has 0 amide bonds. The van der Waals surface area contributed by atoms with E-state index in [0.717, 1.165) is 13.1 Å². The Morgan fingerprint density at radius 2 is 0.882 bits per heavy atom. The van der Waals surface area contributed by atoms with Gasteiger partial charge in [-0.3, -0.25) is 9.80 Å². The molecule has 2 atom stereocenters. The van der Waals surface area contributed by atoms with Crippen molar-refractivity contribution in [3.05, 3.63) is 120 Å². The van der Waals surface area contributed by atoms with Gasteiger partial charge in [-0.15, -0.1) is 0 Å². The highest BCUT2D eigenvalue weighted by Crippen LogP contribution is 2.33. The van der Waals surface area contributed by atoms with Crippen molar-refractivity contribution in [2.24, 2.45) is 0 Å². The first-order valence-electron chi connectivity index (χ1n) is 12.6. The van der Waals surface area contributed by atoms with Gasteiger partial charge in [-0.2, -0.15) is 0 Å². The van der Waals surface area contributed by atoms with Crippen LogP contribution in [0.3, 0.4) is 0 Å². The number of hydrogen-bond donors (Lipinski definition) is 0. The second-order valence-electron chi connectivity index (χ2n) is 9.88. The Hall–Kier alpha value is -3.20. The molecule has 4 aromatic carbocycles. The van der Waals surface area contributed by atoms with E-state index in [0.29, 0.717) is 12.1 Å². The van der Waals surface area contributed by atoms with E-state index in [1.165, 1.54) is 59.3 Å². The average molecular weight is 445 g/mol. The summed E-state index contributed by atoms with van der Waals surface area (Å²) in [7, 11) is 0. The molecule has 2 aliphatic heterocycles. The molecular weight excluding hydrogens is 412 g/mol. The zero-order valence-corrected chi connectivity index (χ0v) is 19.7. The van der Waals surface area contributed by atoms with Gasteiger partial charge in [-0.1, -0.05) is 109 Å². The van der Waals surface area contributed by atoms with Gasteiger partial charge in [0.2, 0.25) is 0 Å². The second-order valence-corrected chi connectivity index (χ2v) is 9.88. The fourth-order valence-corrected chi connectivity index (χ4v) is 5.80. The summed E-state index contributed by atoms with van der Waals surface area (Å²) >= 11 is 0. The van der Waals surface area contributed by atoms with Gasteiger partial charge in [0.05, 0.1) is 0 Å². The Kier molecular flexibility index (Phi) is 6.01. The number of fused-ring (bicyclic) bond motifs is 2. The molecule has 6 rings (SSSR count). The Morgan fingerprint density at radius 3 is 1.35 bits per heavy atom. The van der Waals surface area contributed by atoms with Gasteiger partial charge in [0.15, 0.2) is 0 Å². The average Bonchev–Trinajstić information content (AvgIpc) is 3.13. The number of likely N-dealkylation sites (tertiary alicyclic amines) is 1. The first-order chi connectivity index (χ1) is 16.8. The first-order valence-corrected chi connectivity index (χ1v) is 12.6. The molecule has 0 radical (unpaired) electrons. The minimum absolute atomic E-state index is 0.677. The van der Waals surface area contributed by atoms with Gasteiger partial charge in [0.25, 0.3) is 0 Å². The summed E-state index contributed by atoms with van der Waals surface area (Å²) in [4.78, 5) is 5.45. The molecule has 2 bridgehead atoms. The summed E-state index contributed by atoms with van der Waals surface area (Å²) in [6, 6.07) is 41.0. The Labute approximate surface area is 203 Å². The lowest BCUT2D eigenvalue weighted by molar-refractivity contribution is 0.0567. The second kappa shape index (κ2) is 9.58. The summed E-state index contributed by atoms with van der Waals surface area (Å²) in [5.74, 6) is 0. The van der Waals surface area contributed by atoms with Gasteiger partial charge >= 0.3 is 0 Å². The van der Waals surface area contributed by atoms with Crippen molar-refractivity contribution < 1.29 is 0 Å². The van der Waals surface area contributed by atoms with Crippen LogP contribution in [0.25, 0.3) is 22.3 Å². The van der Waals surface area contributed by atoms with Crippen LogP contribution < -0.4 is 0 Å². The maximum absolute atomic E-state index is 2.77. The van der Waals surface area contributed by atoms with E-state index in [-0.39, 0.29) is 0 Å². The molecule has 2 heterocycles. The third-order valence-corrected chi connectivity index (χ3v) is 7.60. The van der Waals surface area contributed by atoms with Crippen LogP contribution in [-0.4, -0.2) is 35.0 Å². The standard InChI is InChI=1S/C32H32N2/c1-3-7-27(8-4-1)29-15-11-25(12-16-29)21-33-23-31-19-20-32(24-33)34(31)22-26-13-17-30(18-14-26)28-9-5-2-6-10-28/h1-18,31-32H,19-24H2/t31-,32+. The van der Waals surface area contributed by atoms with E-state index in [2.05, 4.69) is 119 Å². The highest BCUT2D eigenvalue weighted by molar-refractivity contribution is 5.64. The van der Waals surface area contributed by atoms with Gasteiger partial charge in [0.1, 0.15) is 0 Å². The summed E-state index contributed by atoms with van der Waals surface area (Å²) in [6.07, 6.45) is 2.66. The fraction of sp³-hybridized carbons (Fsp3) is 0.250. The lowest BCUT2D eigenvalue weighted by atomic mass is 10.0. The molecule has 4 aromatic rings. The van der Waals surface area contributed by atoms with Crippen molar-refractivity contribution in [2.45, 2.75) is 38.0 Å². The normalized spacial score (nSPS) is 20.5. The summed E-state index contributed by atoms with van der Waals surface area (Å²) in [5, 5.41) is 0. The topological polar surface area (TPSA) is 6.48 Å². The van der Waals surface area contributed by atoms with Crippen LogP contribution >= 0.6 is 0 Å². The van der Waals surface area contributed by atoms with Crippen molar-refractivity contribution >= 4 is 0 Å². The van der Waals surface area contributed by atoms with Crippen LogP contribution in [0.4, 0.5) is 0 Å². The highest BCUT2D eigenvalue weighted by Gasteiger charge is 2.39. The van der Waals surface area contributed by atoms with E-state index in [9.17, 15) is 0 Å². The zero-order chi connectivity index (χ0) is 22.7. The van der Waals surface area contributed by atoms with E-state index < -0.39 is 0 Å². The molecule has 2 saturated heterocycles. The van der Waals surface area contributed by atoms with Gasteiger partial charge in [-0.05, 0) is 46.2 Å². The quantitative estimate of drug-likeness (QED) is 0.320. The molecule has 0 saturated carbocycles. The minimum atomic E-state index is 0.677. The Balaban J connectivity index is 1.07. The van der Waals surface area contributed by atoms with Crippen molar-refractivity contribution in [2.75, 3.05) is 13.1 Å².